The summed E-state index contributed by atoms with van der Waals surface area (Å²) in [4.78, 5) is 6.31. The number of rotatable bonds is 8. The van der Waals surface area contributed by atoms with E-state index < -0.39 is 0 Å². The summed E-state index contributed by atoms with van der Waals surface area (Å²) in [7, 11) is 7.13. The highest BCUT2D eigenvalue weighted by Gasteiger charge is 2.22. The van der Waals surface area contributed by atoms with Crippen LogP contribution in [0.2, 0.25) is 0 Å². The van der Waals surface area contributed by atoms with Crippen molar-refractivity contribution >= 4 is 17.1 Å². The molecule has 0 aromatic heterocycles. The lowest BCUT2D eigenvalue weighted by atomic mass is 10.1. The summed E-state index contributed by atoms with van der Waals surface area (Å²) < 4.78 is 24.9. The van der Waals surface area contributed by atoms with E-state index in [4.69, 9.17) is 15.2 Å². The Labute approximate surface area is 196 Å². The van der Waals surface area contributed by atoms with Gasteiger partial charge >= 0.3 is 0 Å². The number of halogens is 1. The summed E-state index contributed by atoms with van der Waals surface area (Å²) in [6, 6.07) is 13.1. The molecule has 2 aromatic carbocycles. The molecular weight excluding hydrogens is 419 g/mol. The summed E-state index contributed by atoms with van der Waals surface area (Å²) >= 11 is 0. The first-order valence-corrected chi connectivity index (χ1v) is 10.9. The molecule has 0 aliphatic carbocycles. The largest absolute Gasteiger partial charge is 0.497 e. The number of hydrogen-bond donors (Lipinski definition) is 1. The fraction of sp³-hybridized carbons (Fsp3) is 0.308. The van der Waals surface area contributed by atoms with Crippen molar-refractivity contribution in [1.82, 2.24) is 4.90 Å². The second kappa shape index (κ2) is 10.8. The molecular formula is C26H33FN4O2. The van der Waals surface area contributed by atoms with Gasteiger partial charge in [-0.15, -0.1) is 0 Å². The highest BCUT2D eigenvalue weighted by Crippen LogP contribution is 2.27. The number of ether oxygens (including phenoxy) is 2. The molecule has 7 heteroatoms. The van der Waals surface area contributed by atoms with Gasteiger partial charge in [0.05, 0.1) is 31.3 Å². The molecule has 0 spiro atoms. The highest BCUT2D eigenvalue weighted by molar-refractivity contribution is 5.69. The first-order valence-electron chi connectivity index (χ1n) is 10.9. The van der Waals surface area contributed by atoms with Crippen molar-refractivity contribution in [2.24, 2.45) is 5.73 Å². The van der Waals surface area contributed by atoms with E-state index in [0.29, 0.717) is 49.1 Å². The van der Waals surface area contributed by atoms with Crippen LogP contribution in [0.25, 0.3) is 5.70 Å². The Kier molecular flexibility index (Phi) is 7.87. The second-order valence-electron chi connectivity index (χ2n) is 8.04. The standard InChI is InChI=1S/C26H33FN4O2/c1-19(32-4)6-12-25(26(28)20-7-9-21(10-8-20)29(2)3)31-16-14-30(15-17-31)24-13-11-22(33-5)18-23(24)27/h6-13,18H,1,14-17,28H2,2-5H3/b12-6-,26-25+. The smallest absolute Gasteiger partial charge is 0.150 e. The lowest BCUT2D eigenvalue weighted by Crippen LogP contribution is -2.46. The zero-order valence-electron chi connectivity index (χ0n) is 19.8. The molecule has 33 heavy (non-hydrogen) atoms. The van der Waals surface area contributed by atoms with Gasteiger partial charge in [-0.1, -0.05) is 18.7 Å². The molecule has 1 fully saturated rings. The van der Waals surface area contributed by atoms with Crippen LogP contribution in [0.4, 0.5) is 15.8 Å². The molecule has 2 N–H and O–H groups in total. The minimum absolute atomic E-state index is 0.282. The van der Waals surface area contributed by atoms with Crippen LogP contribution in [0.3, 0.4) is 0 Å². The van der Waals surface area contributed by atoms with E-state index in [2.05, 4.69) is 11.5 Å². The second-order valence-corrected chi connectivity index (χ2v) is 8.04. The van der Waals surface area contributed by atoms with Crippen LogP contribution < -0.4 is 20.3 Å². The Bertz CT molecular complexity index is 1020. The van der Waals surface area contributed by atoms with Crippen molar-refractivity contribution in [3.63, 3.8) is 0 Å². The molecule has 0 amide bonds. The molecule has 6 nitrogen and oxygen atoms in total. The van der Waals surface area contributed by atoms with Crippen LogP contribution in [-0.2, 0) is 4.74 Å². The lowest BCUT2D eigenvalue weighted by Gasteiger charge is -2.38. The third kappa shape index (κ3) is 5.80. The van der Waals surface area contributed by atoms with Crippen molar-refractivity contribution in [3.05, 3.63) is 84.0 Å². The summed E-state index contributed by atoms with van der Waals surface area (Å²) in [6.07, 6.45) is 3.75. The minimum Gasteiger partial charge on any atom is -0.497 e. The first-order chi connectivity index (χ1) is 15.8. The van der Waals surface area contributed by atoms with Crippen molar-refractivity contribution < 1.29 is 13.9 Å². The molecule has 1 heterocycles. The van der Waals surface area contributed by atoms with Gasteiger partial charge in [0, 0.05) is 52.0 Å². The monoisotopic (exact) mass is 452 g/mol. The lowest BCUT2D eigenvalue weighted by molar-refractivity contribution is 0.307. The Morgan fingerprint density at radius 1 is 1.03 bits per heavy atom. The fourth-order valence-electron chi connectivity index (χ4n) is 3.75. The van der Waals surface area contributed by atoms with E-state index in [1.165, 1.54) is 13.2 Å². The molecule has 0 bridgehead atoms. The van der Waals surface area contributed by atoms with Crippen LogP contribution in [0.5, 0.6) is 5.75 Å². The number of nitrogens with zero attached hydrogens (tertiary/aromatic N) is 3. The van der Waals surface area contributed by atoms with E-state index >= 15 is 0 Å². The minimum atomic E-state index is -0.282. The highest BCUT2D eigenvalue weighted by atomic mass is 19.1. The molecule has 1 aliphatic heterocycles. The van der Waals surface area contributed by atoms with E-state index in [1.807, 2.05) is 60.3 Å². The predicted octanol–water partition coefficient (Wildman–Crippen LogP) is 4.07. The van der Waals surface area contributed by atoms with E-state index in [1.54, 1.807) is 19.2 Å². The Hall–Kier alpha value is -3.61. The Morgan fingerprint density at radius 3 is 2.24 bits per heavy atom. The summed E-state index contributed by atoms with van der Waals surface area (Å²) in [6.45, 7) is 6.59. The van der Waals surface area contributed by atoms with Crippen LogP contribution in [0.1, 0.15) is 5.56 Å². The third-order valence-corrected chi connectivity index (χ3v) is 5.78. The average molecular weight is 453 g/mol. The number of methoxy groups -OCH3 is 2. The van der Waals surface area contributed by atoms with Crippen molar-refractivity contribution in [2.45, 2.75) is 0 Å². The number of anilines is 2. The molecule has 3 rings (SSSR count). The first kappa shape index (κ1) is 24.0. The van der Waals surface area contributed by atoms with Crippen molar-refractivity contribution in [2.75, 3.05) is 64.3 Å². The predicted molar refractivity (Wildman–Crippen MR) is 134 cm³/mol. The van der Waals surface area contributed by atoms with E-state index in [9.17, 15) is 4.39 Å². The maximum atomic E-state index is 14.6. The molecule has 2 aromatic rings. The van der Waals surface area contributed by atoms with Crippen molar-refractivity contribution in [3.8, 4) is 5.75 Å². The van der Waals surface area contributed by atoms with Gasteiger partial charge in [0.2, 0.25) is 0 Å². The molecule has 1 aliphatic rings. The molecule has 1 saturated heterocycles. The van der Waals surface area contributed by atoms with Gasteiger partial charge in [-0.25, -0.2) is 4.39 Å². The quantitative estimate of drug-likeness (QED) is 0.482. The Balaban J connectivity index is 1.84. The van der Waals surface area contributed by atoms with Gasteiger partial charge < -0.3 is 29.9 Å². The molecule has 0 radical (unpaired) electrons. The van der Waals surface area contributed by atoms with Gasteiger partial charge in [0.15, 0.2) is 0 Å². The fourth-order valence-corrected chi connectivity index (χ4v) is 3.75. The number of nitrogens with two attached hydrogens (primary N) is 1. The van der Waals surface area contributed by atoms with Crippen LogP contribution >= 0.6 is 0 Å². The maximum Gasteiger partial charge on any atom is 0.150 e. The zero-order chi connectivity index (χ0) is 24.0. The van der Waals surface area contributed by atoms with Crippen LogP contribution in [0.15, 0.2) is 72.7 Å². The van der Waals surface area contributed by atoms with E-state index in [0.717, 1.165) is 16.9 Å². The SMILES string of the molecule is C=C(/C=C\C(=C(/N)c1ccc(N(C)C)cc1)N1CCN(c2ccc(OC)cc2F)CC1)OC. The third-order valence-electron chi connectivity index (χ3n) is 5.78. The molecule has 176 valence electrons. The summed E-state index contributed by atoms with van der Waals surface area (Å²) in [5.41, 5.74) is 10.8. The molecule has 0 atom stereocenters. The number of allylic oxidation sites excluding steroid dienone is 2. The molecule has 0 unspecified atom stereocenters. The van der Waals surface area contributed by atoms with E-state index in [-0.39, 0.29) is 5.82 Å². The van der Waals surface area contributed by atoms with Crippen LogP contribution in [0, 0.1) is 5.82 Å². The van der Waals surface area contributed by atoms with Gasteiger partial charge in [-0.3, -0.25) is 0 Å². The normalized spacial score (nSPS) is 14.8. The van der Waals surface area contributed by atoms with Crippen LogP contribution in [-0.4, -0.2) is 59.4 Å². The maximum absolute atomic E-state index is 14.6. The van der Waals surface area contributed by atoms with Crippen molar-refractivity contribution in [1.29, 1.82) is 0 Å². The van der Waals surface area contributed by atoms with Gasteiger partial charge in [0.25, 0.3) is 0 Å². The van der Waals surface area contributed by atoms with Gasteiger partial charge in [-0.2, -0.15) is 0 Å². The average Bonchev–Trinajstić information content (AvgIpc) is 2.84. The number of hydrogen-bond acceptors (Lipinski definition) is 6. The summed E-state index contributed by atoms with van der Waals surface area (Å²) in [5.74, 6) is 0.772. The van der Waals surface area contributed by atoms with Gasteiger partial charge in [-0.05, 0) is 42.0 Å². The number of piperazine rings is 1. The Morgan fingerprint density at radius 2 is 1.70 bits per heavy atom. The molecule has 0 saturated carbocycles. The zero-order valence-corrected chi connectivity index (χ0v) is 19.8. The topological polar surface area (TPSA) is 54.2 Å². The summed E-state index contributed by atoms with van der Waals surface area (Å²) in [5, 5.41) is 0. The number of benzene rings is 2. The van der Waals surface area contributed by atoms with Gasteiger partial charge in [0.1, 0.15) is 17.3 Å².